The molecule has 132 valence electrons. The number of furan rings is 1. The number of aryl methyl sites for hydroxylation is 1. The molecule has 0 saturated heterocycles. The molecule has 0 unspecified atom stereocenters. The van der Waals surface area contributed by atoms with Crippen LogP contribution in [-0.4, -0.2) is 11.7 Å². The number of fused-ring (bicyclic) bond motifs is 1. The number of para-hydroxylation sites is 1. The molecule has 27 heavy (non-hydrogen) atoms. The van der Waals surface area contributed by atoms with Crippen molar-refractivity contribution in [3.63, 3.8) is 0 Å². The van der Waals surface area contributed by atoms with Gasteiger partial charge in [0.05, 0.1) is 5.56 Å². The number of rotatable bonds is 4. The van der Waals surface area contributed by atoms with E-state index in [4.69, 9.17) is 9.25 Å². The number of carbonyl (C=O) groups excluding carboxylic acids is 1. The highest BCUT2D eigenvalue weighted by molar-refractivity contribution is 6.12. The molecule has 0 bridgehead atoms. The van der Waals surface area contributed by atoms with E-state index >= 15 is 0 Å². The fraction of sp³-hybridized carbons (Fsp3) is 0.0435. The molecule has 4 aromatic rings. The molecule has 0 spiro atoms. The van der Waals surface area contributed by atoms with Crippen molar-refractivity contribution in [2.45, 2.75) is 6.92 Å². The van der Waals surface area contributed by atoms with E-state index in [-0.39, 0.29) is 0 Å². The summed E-state index contributed by atoms with van der Waals surface area (Å²) in [5.74, 6) is 0.0395. The third kappa shape index (κ3) is 3.51. The summed E-state index contributed by atoms with van der Waals surface area (Å²) in [6.07, 6.45) is 0. The van der Waals surface area contributed by atoms with Gasteiger partial charge < -0.3 is 9.25 Å². The van der Waals surface area contributed by atoms with Gasteiger partial charge in [-0.1, -0.05) is 71.9 Å². The van der Waals surface area contributed by atoms with Crippen LogP contribution in [0.25, 0.3) is 11.0 Å². The van der Waals surface area contributed by atoms with E-state index in [0.29, 0.717) is 17.0 Å². The van der Waals surface area contributed by atoms with Gasteiger partial charge in [0.15, 0.2) is 11.5 Å². The average molecular weight is 355 g/mol. The van der Waals surface area contributed by atoms with Crippen LogP contribution in [0.1, 0.15) is 27.2 Å². The first-order chi connectivity index (χ1) is 13.2. The molecular weight excluding hydrogens is 338 g/mol. The van der Waals surface area contributed by atoms with Crippen molar-refractivity contribution in [2.75, 3.05) is 0 Å². The zero-order chi connectivity index (χ0) is 18.6. The minimum atomic E-state index is -0.502. The quantitative estimate of drug-likeness (QED) is 0.282. The molecule has 4 rings (SSSR count). The summed E-state index contributed by atoms with van der Waals surface area (Å²) < 4.78 is 5.92. The molecule has 0 aliphatic carbocycles. The number of hydrogen-bond donors (Lipinski definition) is 0. The van der Waals surface area contributed by atoms with Crippen molar-refractivity contribution in [2.24, 2.45) is 5.16 Å². The van der Waals surface area contributed by atoms with Gasteiger partial charge in [-0.3, -0.25) is 0 Å². The van der Waals surface area contributed by atoms with Crippen LogP contribution in [-0.2, 0) is 4.84 Å². The topological polar surface area (TPSA) is 51.8 Å². The van der Waals surface area contributed by atoms with Gasteiger partial charge in [-0.05, 0) is 30.7 Å². The van der Waals surface area contributed by atoms with Crippen molar-refractivity contribution in [3.8, 4) is 0 Å². The zero-order valence-corrected chi connectivity index (χ0v) is 14.8. The number of nitrogens with zero attached hydrogens (tertiary/aromatic N) is 1. The van der Waals surface area contributed by atoms with Crippen LogP contribution in [0.4, 0.5) is 0 Å². The molecule has 3 aromatic carbocycles. The lowest BCUT2D eigenvalue weighted by molar-refractivity contribution is 0.0516. The molecule has 0 radical (unpaired) electrons. The van der Waals surface area contributed by atoms with E-state index in [1.807, 2.05) is 79.7 Å². The Morgan fingerprint density at radius 2 is 1.59 bits per heavy atom. The third-order valence-electron chi connectivity index (χ3n) is 4.29. The van der Waals surface area contributed by atoms with E-state index in [1.54, 1.807) is 12.1 Å². The summed E-state index contributed by atoms with van der Waals surface area (Å²) in [6, 6.07) is 26.4. The van der Waals surface area contributed by atoms with Crippen molar-refractivity contribution in [1.82, 2.24) is 0 Å². The smallest absolute Gasteiger partial charge is 0.366 e. The first kappa shape index (κ1) is 16.8. The monoisotopic (exact) mass is 355 g/mol. The van der Waals surface area contributed by atoms with Gasteiger partial charge in [0, 0.05) is 10.9 Å². The Bertz CT molecular complexity index is 1090. The average Bonchev–Trinajstić information content (AvgIpc) is 3.13. The van der Waals surface area contributed by atoms with Crippen LogP contribution in [0, 0.1) is 6.92 Å². The predicted octanol–water partition coefficient (Wildman–Crippen LogP) is 5.35. The zero-order valence-electron chi connectivity index (χ0n) is 14.8. The summed E-state index contributed by atoms with van der Waals surface area (Å²) in [5.41, 5.74) is 3.34. The highest BCUT2D eigenvalue weighted by atomic mass is 16.7. The summed E-state index contributed by atoms with van der Waals surface area (Å²) in [4.78, 5) is 17.7. The van der Waals surface area contributed by atoms with Crippen molar-refractivity contribution in [1.29, 1.82) is 0 Å². The largest absolute Gasteiger partial charge is 0.454 e. The van der Waals surface area contributed by atoms with Gasteiger partial charge in [-0.2, -0.15) is 0 Å². The van der Waals surface area contributed by atoms with Crippen LogP contribution in [0.5, 0.6) is 0 Å². The van der Waals surface area contributed by atoms with Crippen molar-refractivity contribution in [3.05, 3.63) is 107 Å². The molecule has 0 N–H and O–H groups in total. The summed E-state index contributed by atoms with van der Waals surface area (Å²) in [5, 5.41) is 5.11. The molecule has 1 aromatic heterocycles. The maximum Gasteiger partial charge on any atom is 0.366 e. The Balaban J connectivity index is 1.73. The van der Waals surface area contributed by atoms with E-state index in [0.717, 1.165) is 22.1 Å². The van der Waals surface area contributed by atoms with Crippen LogP contribution in [0.3, 0.4) is 0 Å². The molecule has 4 heteroatoms. The van der Waals surface area contributed by atoms with Crippen LogP contribution < -0.4 is 0 Å². The first-order valence-corrected chi connectivity index (χ1v) is 8.62. The molecular formula is C23H17NO3. The lowest BCUT2D eigenvalue weighted by Gasteiger charge is -2.05. The Kier molecular flexibility index (Phi) is 4.54. The maximum atomic E-state index is 12.4. The van der Waals surface area contributed by atoms with Crippen molar-refractivity contribution < 1.29 is 14.0 Å². The fourth-order valence-corrected chi connectivity index (χ4v) is 2.87. The minimum absolute atomic E-state index is 0.466. The highest BCUT2D eigenvalue weighted by Gasteiger charge is 2.16. The lowest BCUT2D eigenvalue weighted by Crippen LogP contribution is -2.08. The minimum Gasteiger partial charge on any atom is -0.454 e. The van der Waals surface area contributed by atoms with Crippen LogP contribution in [0.15, 0.2) is 94.5 Å². The van der Waals surface area contributed by atoms with Gasteiger partial charge >= 0.3 is 5.97 Å². The SMILES string of the molecule is Cc1ccccc1C(=O)O/N=C(/c1ccccc1)c1cc2ccccc2o1. The normalized spacial score (nSPS) is 11.5. The first-order valence-electron chi connectivity index (χ1n) is 8.62. The second-order valence-corrected chi connectivity index (χ2v) is 6.15. The molecule has 0 fully saturated rings. The Morgan fingerprint density at radius 3 is 2.37 bits per heavy atom. The molecule has 0 aliphatic heterocycles. The van der Waals surface area contributed by atoms with Gasteiger partial charge in [-0.15, -0.1) is 0 Å². The van der Waals surface area contributed by atoms with Gasteiger partial charge in [0.25, 0.3) is 0 Å². The molecule has 0 aliphatic rings. The molecule has 0 atom stereocenters. The summed E-state index contributed by atoms with van der Waals surface area (Å²) >= 11 is 0. The van der Waals surface area contributed by atoms with E-state index in [9.17, 15) is 4.79 Å². The maximum absolute atomic E-state index is 12.4. The summed E-state index contributed by atoms with van der Waals surface area (Å²) in [7, 11) is 0. The van der Waals surface area contributed by atoms with Gasteiger partial charge in [-0.25, -0.2) is 4.79 Å². The Morgan fingerprint density at radius 1 is 0.889 bits per heavy atom. The van der Waals surface area contributed by atoms with E-state index < -0.39 is 5.97 Å². The van der Waals surface area contributed by atoms with Crippen LogP contribution >= 0.6 is 0 Å². The van der Waals surface area contributed by atoms with Crippen LogP contribution in [0.2, 0.25) is 0 Å². The second kappa shape index (κ2) is 7.30. The lowest BCUT2D eigenvalue weighted by atomic mass is 10.1. The second-order valence-electron chi connectivity index (χ2n) is 6.15. The molecule has 0 saturated carbocycles. The fourth-order valence-electron chi connectivity index (χ4n) is 2.87. The number of hydrogen-bond acceptors (Lipinski definition) is 4. The van der Waals surface area contributed by atoms with Gasteiger partial charge in [0.2, 0.25) is 0 Å². The number of oxime groups is 1. The molecule has 1 heterocycles. The van der Waals surface area contributed by atoms with Crippen molar-refractivity contribution >= 4 is 22.7 Å². The third-order valence-corrected chi connectivity index (χ3v) is 4.29. The highest BCUT2D eigenvalue weighted by Crippen LogP contribution is 2.22. The Labute approximate surface area is 156 Å². The van der Waals surface area contributed by atoms with E-state index in [2.05, 4.69) is 5.16 Å². The standard InChI is InChI=1S/C23H17NO3/c1-16-9-5-7-13-19(16)23(25)27-24-22(17-10-3-2-4-11-17)21-15-18-12-6-8-14-20(18)26-21/h2-15H,1H3/b24-22-. The predicted molar refractivity (Wildman–Crippen MR) is 105 cm³/mol. The van der Waals surface area contributed by atoms with Gasteiger partial charge in [0.1, 0.15) is 5.58 Å². The number of benzene rings is 3. The Hall–Kier alpha value is -3.66. The molecule has 4 nitrogen and oxygen atoms in total. The molecule has 0 amide bonds. The van der Waals surface area contributed by atoms with E-state index in [1.165, 1.54) is 0 Å². The summed E-state index contributed by atoms with van der Waals surface area (Å²) in [6.45, 7) is 1.86. The number of carbonyl (C=O) groups is 1.